The van der Waals surface area contributed by atoms with Crippen LogP contribution in [0.2, 0.25) is 0 Å². The number of rotatable bonds is 9. The lowest BCUT2D eigenvalue weighted by Gasteiger charge is -2.26. The Morgan fingerprint density at radius 1 is 1.22 bits per heavy atom. The number of methoxy groups -OCH3 is 1. The van der Waals surface area contributed by atoms with Gasteiger partial charge in [-0.1, -0.05) is 13.3 Å². The molecule has 2 aromatic rings. The molecule has 0 aliphatic rings. The molecule has 1 aromatic carbocycles. The summed E-state index contributed by atoms with van der Waals surface area (Å²) in [6, 6.07) is 7.19. The maximum Gasteiger partial charge on any atom is 0.357 e. The molecule has 0 N–H and O–H groups in total. The molecule has 6 nitrogen and oxygen atoms in total. The van der Waals surface area contributed by atoms with Crippen molar-refractivity contribution in [2.45, 2.75) is 46.2 Å². The first kappa shape index (κ1) is 20.9. The molecule has 146 valence electrons. The number of nitrogens with zero attached hydrogens (tertiary/aromatic N) is 2. The van der Waals surface area contributed by atoms with E-state index in [0.717, 1.165) is 18.6 Å². The summed E-state index contributed by atoms with van der Waals surface area (Å²) in [5, 5.41) is 2.34. The number of carbonyl (C=O) groups is 2. The summed E-state index contributed by atoms with van der Waals surface area (Å²) < 4.78 is 10.3. The molecule has 1 heterocycles. The SMILES string of the molecule is CCCCOc1ccc(C(=O)N(Cc2nc(C(=O)OC)cs2)C(C)C)cc1. The van der Waals surface area contributed by atoms with Gasteiger partial charge in [-0.25, -0.2) is 9.78 Å². The Morgan fingerprint density at radius 2 is 1.93 bits per heavy atom. The summed E-state index contributed by atoms with van der Waals surface area (Å²) in [6.45, 7) is 7.04. The van der Waals surface area contributed by atoms with E-state index < -0.39 is 5.97 Å². The fourth-order valence-electron chi connectivity index (χ4n) is 2.41. The van der Waals surface area contributed by atoms with Crippen molar-refractivity contribution in [1.82, 2.24) is 9.88 Å². The molecule has 7 heteroatoms. The lowest BCUT2D eigenvalue weighted by Crippen LogP contribution is -2.36. The summed E-state index contributed by atoms with van der Waals surface area (Å²) in [4.78, 5) is 30.5. The number of hydrogen-bond acceptors (Lipinski definition) is 6. The zero-order chi connectivity index (χ0) is 19.8. The van der Waals surface area contributed by atoms with E-state index in [1.54, 1.807) is 22.4 Å². The summed E-state index contributed by atoms with van der Waals surface area (Å²) in [7, 11) is 1.32. The van der Waals surface area contributed by atoms with Gasteiger partial charge in [0.1, 0.15) is 10.8 Å². The zero-order valence-corrected chi connectivity index (χ0v) is 17.0. The highest BCUT2D eigenvalue weighted by Crippen LogP contribution is 2.19. The van der Waals surface area contributed by atoms with E-state index >= 15 is 0 Å². The first-order valence-corrected chi connectivity index (χ1v) is 9.90. The number of benzene rings is 1. The Balaban J connectivity index is 2.08. The van der Waals surface area contributed by atoms with Crippen LogP contribution in [0, 0.1) is 0 Å². The van der Waals surface area contributed by atoms with E-state index in [9.17, 15) is 9.59 Å². The lowest BCUT2D eigenvalue weighted by molar-refractivity contribution is 0.0594. The number of carbonyl (C=O) groups excluding carboxylic acids is 2. The number of hydrogen-bond donors (Lipinski definition) is 0. The highest BCUT2D eigenvalue weighted by atomic mass is 32.1. The minimum Gasteiger partial charge on any atom is -0.494 e. The number of amides is 1. The van der Waals surface area contributed by atoms with Crippen molar-refractivity contribution in [3.8, 4) is 5.75 Å². The molecule has 0 atom stereocenters. The maximum absolute atomic E-state index is 12.9. The quantitative estimate of drug-likeness (QED) is 0.475. The molecule has 1 amide bonds. The zero-order valence-electron chi connectivity index (χ0n) is 16.2. The monoisotopic (exact) mass is 390 g/mol. The third-order valence-electron chi connectivity index (χ3n) is 4.00. The van der Waals surface area contributed by atoms with Crippen molar-refractivity contribution in [2.24, 2.45) is 0 Å². The molecule has 27 heavy (non-hydrogen) atoms. The van der Waals surface area contributed by atoms with Crippen LogP contribution in [-0.2, 0) is 11.3 Å². The van der Waals surface area contributed by atoms with Crippen molar-refractivity contribution in [1.29, 1.82) is 0 Å². The van der Waals surface area contributed by atoms with Crippen LogP contribution < -0.4 is 4.74 Å². The van der Waals surface area contributed by atoms with Crippen molar-refractivity contribution in [2.75, 3.05) is 13.7 Å². The Kier molecular flexibility index (Phi) is 7.79. The van der Waals surface area contributed by atoms with Gasteiger partial charge in [-0.3, -0.25) is 4.79 Å². The van der Waals surface area contributed by atoms with Crippen LogP contribution in [0.15, 0.2) is 29.6 Å². The van der Waals surface area contributed by atoms with E-state index in [-0.39, 0.29) is 17.6 Å². The van der Waals surface area contributed by atoms with Gasteiger partial charge in [0.2, 0.25) is 0 Å². The molecule has 2 rings (SSSR count). The molecular weight excluding hydrogens is 364 g/mol. The van der Waals surface area contributed by atoms with Gasteiger partial charge in [-0.05, 0) is 44.5 Å². The van der Waals surface area contributed by atoms with Crippen molar-refractivity contribution < 1.29 is 19.1 Å². The first-order chi connectivity index (χ1) is 13.0. The third kappa shape index (κ3) is 5.79. The molecule has 0 saturated carbocycles. The molecule has 0 bridgehead atoms. The molecule has 0 aliphatic heterocycles. The molecule has 0 unspecified atom stereocenters. The highest BCUT2D eigenvalue weighted by molar-refractivity contribution is 7.09. The molecular formula is C20H26N2O4S. The first-order valence-electron chi connectivity index (χ1n) is 9.02. The average Bonchev–Trinajstić information content (AvgIpc) is 3.14. The van der Waals surface area contributed by atoms with Crippen LogP contribution in [0.3, 0.4) is 0 Å². The minimum absolute atomic E-state index is 0.0107. The summed E-state index contributed by atoms with van der Waals surface area (Å²) in [5.74, 6) is 0.206. The van der Waals surface area contributed by atoms with Crippen LogP contribution in [-0.4, -0.2) is 41.5 Å². The Labute approximate surface area is 164 Å². The fourth-order valence-corrected chi connectivity index (χ4v) is 3.17. The largest absolute Gasteiger partial charge is 0.494 e. The Hall–Kier alpha value is -2.41. The van der Waals surface area contributed by atoms with Crippen LogP contribution in [0.1, 0.15) is 59.5 Å². The topological polar surface area (TPSA) is 68.7 Å². The second-order valence-electron chi connectivity index (χ2n) is 6.37. The van der Waals surface area contributed by atoms with Gasteiger partial charge in [-0.15, -0.1) is 11.3 Å². The molecule has 1 aromatic heterocycles. The van der Waals surface area contributed by atoms with E-state index in [0.29, 0.717) is 23.7 Å². The predicted molar refractivity (Wildman–Crippen MR) is 105 cm³/mol. The lowest BCUT2D eigenvalue weighted by atomic mass is 10.1. The summed E-state index contributed by atoms with van der Waals surface area (Å²) >= 11 is 1.34. The van der Waals surface area contributed by atoms with Crippen LogP contribution in [0.25, 0.3) is 0 Å². The normalized spacial score (nSPS) is 10.7. The van der Waals surface area contributed by atoms with Gasteiger partial charge in [-0.2, -0.15) is 0 Å². The van der Waals surface area contributed by atoms with E-state index in [2.05, 4.69) is 16.6 Å². The van der Waals surface area contributed by atoms with E-state index in [1.807, 2.05) is 26.0 Å². The number of thiazole rings is 1. The molecule has 0 radical (unpaired) electrons. The van der Waals surface area contributed by atoms with Gasteiger partial charge >= 0.3 is 5.97 Å². The fraction of sp³-hybridized carbons (Fsp3) is 0.450. The number of esters is 1. The van der Waals surface area contributed by atoms with Gasteiger partial charge in [0.15, 0.2) is 5.69 Å². The van der Waals surface area contributed by atoms with Crippen LogP contribution in [0.5, 0.6) is 5.75 Å². The third-order valence-corrected chi connectivity index (χ3v) is 4.84. The summed E-state index contributed by atoms with van der Waals surface area (Å²) in [6.07, 6.45) is 2.08. The molecule has 0 spiro atoms. The average molecular weight is 391 g/mol. The second kappa shape index (κ2) is 10.1. The second-order valence-corrected chi connectivity index (χ2v) is 7.31. The summed E-state index contributed by atoms with van der Waals surface area (Å²) in [5.41, 5.74) is 0.860. The van der Waals surface area contributed by atoms with Crippen LogP contribution >= 0.6 is 11.3 Å². The van der Waals surface area contributed by atoms with Gasteiger partial charge in [0, 0.05) is 17.0 Å². The van der Waals surface area contributed by atoms with Gasteiger partial charge in [0.25, 0.3) is 5.91 Å². The highest BCUT2D eigenvalue weighted by Gasteiger charge is 2.21. The van der Waals surface area contributed by atoms with E-state index in [4.69, 9.17) is 4.74 Å². The van der Waals surface area contributed by atoms with Gasteiger partial charge < -0.3 is 14.4 Å². The minimum atomic E-state index is -0.474. The predicted octanol–water partition coefficient (Wildman–Crippen LogP) is 4.16. The Bertz CT molecular complexity index is 756. The molecule has 0 fully saturated rings. The van der Waals surface area contributed by atoms with Crippen molar-refractivity contribution >= 4 is 23.2 Å². The standard InChI is InChI=1S/C20H26N2O4S/c1-5-6-11-26-16-9-7-15(8-10-16)19(23)22(14(2)3)12-18-21-17(13-27-18)20(24)25-4/h7-10,13-14H,5-6,11-12H2,1-4H3. The number of unbranched alkanes of at least 4 members (excludes halogenated alkanes) is 1. The van der Waals surface area contributed by atoms with Crippen molar-refractivity contribution in [3.05, 3.63) is 45.9 Å². The smallest absolute Gasteiger partial charge is 0.357 e. The number of aromatic nitrogens is 1. The van der Waals surface area contributed by atoms with Crippen molar-refractivity contribution in [3.63, 3.8) is 0 Å². The van der Waals surface area contributed by atoms with E-state index in [1.165, 1.54) is 18.4 Å². The van der Waals surface area contributed by atoms with Crippen LogP contribution in [0.4, 0.5) is 0 Å². The Morgan fingerprint density at radius 3 is 2.52 bits per heavy atom. The number of ether oxygens (including phenoxy) is 2. The maximum atomic E-state index is 12.9. The molecule has 0 aliphatic carbocycles. The molecule has 0 saturated heterocycles. The van der Waals surface area contributed by atoms with Gasteiger partial charge in [0.05, 0.1) is 20.3 Å².